The Balaban J connectivity index is 1.95. The predicted molar refractivity (Wildman–Crippen MR) is 92.2 cm³/mol. The van der Waals surface area contributed by atoms with Crippen molar-refractivity contribution in [1.29, 1.82) is 0 Å². The van der Waals surface area contributed by atoms with Crippen molar-refractivity contribution >= 4 is 11.4 Å². The Kier molecular flexibility index (Phi) is 4.70. The number of nitro benzene ring substituents is 1. The number of anilines is 1. The van der Waals surface area contributed by atoms with Gasteiger partial charge in [-0.25, -0.2) is 8.78 Å². The van der Waals surface area contributed by atoms with E-state index in [0.29, 0.717) is 5.56 Å². The molecule has 0 bridgehead atoms. The van der Waals surface area contributed by atoms with E-state index in [1.54, 1.807) is 42.5 Å². The van der Waals surface area contributed by atoms with Crippen LogP contribution >= 0.6 is 0 Å². The summed E-state index contributed by atoms with van der Waals surface area (Å²) in [6.45, 7) is 0.267. The van der Waals surface area contributed by atoms with E-state index in [4.69, 9.17) is 0 Å². The Hall–Kier alpha value is -3.28. The van der Waals surface area contributed by atoms with Gasteiger partial charge in [0.15, 0.2) is 5.82 Å². The molecule has 0 fully saturated rings. The molecule has 3 rings (SSSR count). The van der Waals surface area contributed by atoms with E-state index in [1.165, 1.54) is 24.3 Å². The van der Waals surface area contributed by atoms with Crippen LogP contribution in [0.3, 0.4) is 0 Å². The number of nitrogens with zero attached hydrogens (tertiary/aromatic N) is 1. The molecule has 0 spiro atoms. The second-order valence-electron chi connectivity index (χ2n) is 5.42. The second-order valence-corrected chi connectivity index (χ2v) is 5.42. The van der Waals surface area contributed by atoms with E-state index in [0.717, 1.165) is 5.56 Å². The van der Waals surface area contributed by atoms with Gasteiger partial charge in [-0.2, -0.15) is 0 Å². The van der Waals surface area contributed by atoms with Gasteiger partial charge in [0.25, 0.3) is 5.69 Å². The SMILES string of the molecule is O=[N+]([O-])c1ccc(NCc2ccc(F)cc2)c(F)c1-c1ccccc1. The molecule has 0 amide bonds. The van der Waals surface area contributed by atoms with Gasteiger partial charge in [0.1, 0.15) is 5.82 Å². The van der Waals surface area contributed by atoms with Crippen LogP contribution in [-0.4, -0.2) is 4.92 Å². The minimum Gasteiger partial charge on any atom is -0.379 e. The molecule has 0 saturated heterocycles. The third kappa shape index (κ3) is 3.63. The third-order valence-electron chi connectivity index (χ3n) is 3.78. The average Bonchev–Trinajstić information content (AvgIpc) is 2.62. The fraction of sp³-hybridized carbons (Fsp3) is 0.0526. The first-order valence-electron chi connectivity index (χ1n) is 7.57. The van der Waals surface area contributed by atoms with Gasteiger partial charge in [0.05, 0.1) is 16.2 Å². The Bertz CT molecular complexity index is 897. The summed E-state index contributed by atoms with van der Waals surface area (Å²) in [7, 11) is 0. The fourth-order valence-electron chi connectivity index (χ4n) is 2.53. The highest BCUT2D eigenvalue weighted by molar-refractivity contribution is 5.78. The maximum Gasteiger partial charge on any atom is 0.280 e. The Morgan fingerprint density at radius 1 is 0.920 bits per heavy atom. The highest BCUT2D eigenvalue weighted by Crippen LogP contribution is 2.36. The molecule has 126 valence electrons. The lowest BCUT2D eigenvalue weighted by Gasteiger charge is -2.12. The molecule has 0 unspecified atom stereocenters. The topological polar surface area (TPSA) is 55.2 Å². The lowest BCUT2D eigenvalue weighted by atomic mass is 10.0. The normalized spacial score (nSPS) is 10.5. The molecule has 4 nitrogen and oxygen atoms in total. The third-order valence-corrected chi connectivity index (χ3v) is 3.78. The maximum absolute atomic E-state index is 14.9. The summed E-state index contributed by atoms with van der Waals surface area (Å²) in [4.78, 5) is 10.7. The number of hydrogen-bond acceptors (Lipinski definition) is 3. The van der Waals surface area contributed by atoms with Gasteiger partial charge in [-0.15, -0.1) is 0 Å². The van der Waals surface area contributed by atoms with Crippen LogP contribution in [0.4, 0.5) is 20.2 Å². The summed E-state index contributed by atoms with van der Waals surface area (Å²) in [5.74, 6) is -1.04. The standard InChI is InChI=1S/C19H14F2N2O2/c20-15-8-6-13(7-9-15)12-22-16-10-11-17(23(24)25)18(19(16)21)14-4-2-1-3-5-14/h1-11,22H,12H2. The summed E-state index contributed by atoms with van der Waals surface area (Å²) >= 11 is 0. The smallest absolute Gasteiger partial charge is 0.280 e. The van der Waals surface area contributed by atoms with Crippen molar-refractivity contribution in [3.05, 3.63) is 94.0 Å². The molecule has 0 aromatic heterocycles. The van der Waals surface area contributed by atoms with E-state index in [-0.39, 0.29) is 29.3 Å². The van der Waals surface area contributed by atoms with Crippen molar-refractivity contribution in [2.24, 2.45) is 0 Å². The molecule has 0 saturated carbocycles. The van der Waals surface area contributed by atoms with E-state index in [9.17, 15) is 18.9 Å². The van der Waals surface area contributed by atoms with Gasteiger partial charge >= 0.3 is 0 Å². The molecule has 0 aliphatic rings. The monoisotopic (exact) mass is 340 g/mol. The van der Waals surface area contributed by atoms with Crippen LogP contribution in [0.25, 0.3) is 11.1 Å². The molecule has 3 aromatic rings. The van der Waals surface area contributed by atoms with Gasteiger partial charge in [0.2, 0.25) is 0 Å². The van der Waals surface area contributed by atoms with E-state index in [2.05, 4.69) is 5.32 Å². The molecule has 0 radical (unpaired) electrons. The van der Waals surface area contributed by atoms with Gasteiger partial charge in [-0.05, 0) is 29.3 Å². The van der Waals surface area contributed by atoms with E-state index in [1.807, 2.05) is 0 Å². The summed E-state index contributed by atoms with van der Waals surface area (Å²) < 4.78 is 27.8. The second kappa shape index (κ2) is 7.09. The van der Waals surface area contributed by atoms with Crippen molar-refractivity contribution in [2.75, 3.05) is 5.32 Å². The number of rotatable bonds is 5. The zero-order valence-electron chi connectivity index (χ0n) is 13.1. The molecule has 6 heteroatoms. The summed E-state index contributed by atoms with van der Waals surface area (Å²) in [6, 6.07) is 16.8. The van der Waals surface area contributed by atoms with Crippen LogP contribution < -0.4 is 5.32 Å². The molecule has 3 aromatic carbocycles. The van der Waals surface area contributed by atoms with Gasteiger partial charge in [-0.1, -0.05) is 42.5 Å². The van der Waals surface area contributed by atoms with Crippen LogP contribution in [0.15, 0.2) is 66.7 Å². The maximum atomic E-state index is 14.9. The number of halogens is 2. The highest BCUT2D eigenvalue weighted by Gasteiger charge is 2.22. The molecule has 0 heterocycles. The van der Waals surface area contributed by atoms with Crippen LogP contribution in [0, 0.1) is 21.7 Å². The molecular weight excluding hydrogens is 326 g/mol. The van der Waals surface area contributed by atoms with Crippen LogP contribution in [0.1, 0.15) is 5.56 Å². The molecule has 25 heavy (non-hydrogen) atoms. The lowest BCUT2D eigenvalue weighted by Crippen LogP contribution is -2.04. The van der Waals surface area contributed by atoms with Gasteiger partial charge in [-0.3, -0.25) is 10.1 Å². The first-order chi connectivity index (χ1) is 12.1. The van der Waals surface area contributed by atoms with Crippen LogP contribution in [-0.2, 0) is 6.54 Å². The first kappa shape index (κ1) is 16.6. The van der Waals surface area contributed by atoms with Crippen molar-refractivity contribution < 1.29 is 13.7 Å². The van der Waals surface area contributed by atoms with E-state index >= 15 is 0 Å². The molecule has 0 aliphatic carbocycles. The summed E-state index contributed by atoms with van der Waals surface area (Å²) in [6.07, 6.45) is 0. The molecular formula is C19H14F2N2O2. The molecule has 0 atom stereocenters. The number of benzene rings is 3. The van der Waals surface area contributed by atoms with Crippen molar-refractivity contribution in [2.45, 2.75) is 6.54 Å². The largest absolute Gasteiger partial charge is 0.379 e. The van der Waals surface area contributed by atoms with Crippen molar-refractivity contribution in [1.82, 2.24) is 0 Å². The lowest BCUT2D eigenvalue weighted by molar-refractivity contribution is -0.384. The minimum absolute atomic E-state index is 0.0605. The Morgan fingerprint density at radius 2 is 1.60 bits per heavy atom. The highest BCUT2D eigenvalue weighted by atomic mass is 19.1. The summed E-state index contributed by atoms with van der Waals surface area (Å²) in [5, 5.41) is 14.2. The van der Waals surface area contributed by atoms with E-state index < -0.39 is 10.7 Å². The zero-order chi connectivity index (χ0) is 17.8. The Morgan fingerprint density at radius 3 is 2.24 bits per heavy atom. The van der Waals surface area contributed by atoms with Gasteiger partial charge < -0.3 is 5.32 Å². The molecule has 1 N–H and O–H groups in total. The van der Waals surface area contributed by atoms with Gasteiger partial charge in [0, 0.05) is 12.6 Å². The number of nitro groups is 1. The molecule has 0 aliphatic heterocycles. The quantitative estimate of drug-likeness (QED) is 0.516. The number of nitrogens with one attached hydrogen (secondary N) is 1. The first-order valence-corrected chi connectivity index (χ1v) is 7.57. The number of hydrogen-bond donors (Lipinski definition) is 1. The summed E-state index contributed by atoms with van der Waals surface area (Å²) in [5.41, 5.74) is 0.983. The van der Waals surface area contributed by atoms with Crippen molar-refractivity contribution in [3.63, 3.8) is 0 Å². The van der Waals surface area contributed by atoms with Crippen LogP contribution in [0.5, 0.6) is 0 Å². The fourth-order valence-corrected chi connectivity index (χ4v) is 2.53. The average molecular weight is 340 g/mol. The van der Waals surface area contributed by atoms with Crippen LogP contribution in [0.2, 0.25) is 0 Å². The minimum atomic E-state index is -0.692. The zero-order valence-corrected chi connectivity index (χ0v) is 13.1. The van der Waals surface area contributed by atoms with Crippen molar-refractivity contribution in [3.8, 4) is 11.1 Å². The Labute approximate surface area is 142 Å². The predicted octanol–water partition coefficient (Wildman–Crippen LogP) is 5.15.